The number of halogens is 4. The smallest absolute Gasteiger partial charge is 0.420 e. The van der Waals surface area contributed by atoms with Crippen molar-refractivity contribution in [1.29, 1.82) is 5.26 Å². The molecule has 2 rings (SSSR count). The van der Waals surface area contributed by atoms with Gasteiger partial charge in [0.1, 0.15) is 5.75 Å². The second kappa shape index (κ2) is 5.46. The average molecular weight is 316 g/mol. The van der Waals surface area contributed by atoms with Gasteiger partial charge in [0, 0.05) is 0 Å². The molecular weight excluding hydrogens is 311 g/mol. The van der Waals surface area contributed by atoms with Gasteiger partial charge < -0.3 is 9.72 Å². The Morgan fingerprint density at radius 1 is 1.38 bits per heavy atom. The predicted octanol–water partition coefficient (Wildman–Crippen LogP) is 3.11. The molecule has 9 heteroatoms. The minimum Gasteiger partial charge on any atom is -0.437 e. The number of ether oxygens (including phenoxy) is 1. The summed E-state index contributed by atoms with van der Waals surface area (Å²) in [5, 5.41) is 8.17. The number of nitriles is 1. The average Bonchev–Trinajstić information content (AvgIpc) is 2.43. The number of alkyl halides is 3. The molecule has 0 fully saturated rings. The normalized spacial score (nSPS) is 11.0. The topological polar surface area (TPSA) is 78.8 Å². The number of hydrogen-bond donors (Lipinski definition) is 1. The van der Waals surface area contributed by atoms with Crippen LogP contribution in [-0.2, 0) is 6.18 Å². The monoisotopic (exact) mass is 315 g/mol. The van der Waals surface area contributed by atoms with E-state index in [0.29, 0.717) is 6.07 Å². The molecule has 0 radical (unpaired) electrons. The summed E-state index contributed by atoms with van der Waals surface area (Å²) in [6.45, 7) is 0. The van der Waals surface area contributed by atoms with Gasteiger partial charge in [-0.3, -0.25) is 4.79 Å². The Kier molecular flexibility index (Phi) is 3.86. The highest BCUT2D eigenvalue weighted by atomic mass is 35.5. The molecule has 21 heavy (non-hydrogen) atoms. The van der Waals surface area contributed by atoms with Crippen LogP contribution in [-0.4, -0.2) is 9.97 Å². The minimum absolute atomic E-state index is 0.181. The second-order valence-corrected chi connectivity index (χ2v) is 4.15. The summed E-state index contributed by atoms with van der Waals surface area (Å²) in [6.07, 6.45) is -3.80. The van der Waals surface area contributed by atoms with Gasteiger partial charge in [-0.15, -0.1) is 0 Å². The molecule has 1 aromatic heterocycles. The van der Waals surface area contributed by atoms with E-state index in [0.717, 1.165) is 18.5 Å². The van der Waals surface area contributed by atoms with Crippen LogP contribution in [0.4, 0.5) is 13.2 Å². The highest BCUT2D eigenvalue weighted by molar-refractivity contribution is 6.31. The van der Waals surface area contributed by atoms with Crippen LogP contribution >= 0.6 is 11.6 Å². The molecule has 0 aliphatic rings. The Morgan fingerprint density at radius 3 is 2.71 bits per heavy atom. The fourth-order valence-electron chi connectivity index (χ4n) is 1.45. The van der Waals surface area contributed by atoms with E-state index in [-0.39, 0.29) is 5.56 Å². The van der Waals surface area contributed by atoms with Crippen LogP contribution in [0.1, 0.15) is 11.1 Å². The first-order valence-corrected chi connectivity index (χ1v) is 5.73. The van der Waals surface area contributed by atoms with Gasteiger partial charge in [-0.1, -0.05) is 11.6 Å². The number of nitrogens with one attached hydrogen (secondary N) is 1. The van der Waals surface area contributed by atoms with E-state index in [4.69, 9.17) is 21.6 Å². The Bertz CT molecular complexity index is 781. The van der Waals surface area contributed by atoms with E-state index in [1.165, 1.54) is 0 Å². The van der Waals surface area contributed by atoms with Crippen LogP contribution in [0.2, 0.25) is 5.02 Å². The summed E-state index contributed by atoms with van der Waals surface area (Å²) >= 11 is 5.60. The first-order chi connectivity index (χ1) is 9.82. The van der Waals surface area contributed by atoms with Crippen LogP contribution < -0.4 is 10.3 Å². The highest BCUT2D eigenvalue weighted by Crippen LogP contribution is 2.38. The number of nitrogens with zero attached hydrogens (tertiary/aromatic N) is 2. The lowest BCUT2D eigenvalue weighted by atomic mass is 10.1. The Morgan fingerprint density at radius 2 is 2.10 bits per heavy atom. The maximum atomic E-state index is 12.9. The van der Waals surface area contributed by atoms with Crippen molar-refractivity contribution in [1.82, 2.24) is 9.97 Å². The van der Waals surface area contributed by atoms with Crippen LogP contribution in [0.15, 0.2) is 29.3 Å². The molecule has 1 N–H and O–H groups in total. The van der Waals surface area contributed by atoms with Gasteiger partial charge in [-0.25, -0.2) is 4.98 Å². The van der Waals surface area contributed by atoms with E-state index in [2.05, 4.69) is 9.97 Å². The van der Waals surface area contributed by atoms with E-state index >= 15 is 0 Å². The Labute approximate surface area is 120 Å². The number of H-pyrrole nitrogens is 1. The van der Waals surface area contributed by atoms with Crippen LogP contribution in [0, 0.1) is 11.3 Å². The van der Waals surface area contributed by atoms with Crippen molar-refractivity contribution in [3.63, 3.8) is 0 Å². The van der Waals surface area contributed by atoms with Crippen LogP contribution in [0.25, 0.3) is 0 Å². The largest absolute Gasteiger partial charge is 0.437 e. The fraction of sp³-hybridized carbons (Fsp3) is 0.0833. The van der Waals surface area contributed by atoms with Gasteiger partial charge in [0.05, 0.1) is 23.5 Å². The fourth-order valence-corrected chi connectivity index (χ4v) is 1.59. The van der Waals surface area contributed by atoms with E-state index in [1.807, 2.05) is 0 Å². The predicted molar refractivity (Wildman–Crippen MR) is 66.1 cm³/mol. The minimum atomic E-state index is -4.74. The van der Waals surface area contributed by atoms with Gasteiger partial charge in [-0.2, -0.15) is 18.4 Å². The number of benzene rings is 1. The van der Waals surface area contributed by atoms with E-state index in [9.17, 15) is 18.0 Å². The summed E-state index contributed by atoms with van der Waals surface area (Å²) in [5.41, 5.74) is -2.09. The Hall–Kier alpha value is -2.53. The van der Waals surface area contributed by atoms with Crippen molar-refractivity contribution in [2.75, 3.05) is 0 Å². The summed E-state index contributed by atoms with van der Waals surface area (Å²) < 4.78 is 43.8. The number of rotatable bonds is 2. The molecule has 0 saturated carbocycles. The zero-order valence-corrected chi connectivity index (χ0v) is 10.8. The molecule has 0 aliphatic carbocycles. The van der Waals surface area contributed by atoms with Crippen molar-refractivity contribution in [3.8, 4) is 17.7 Å². The van der Waals surface area contributed by atoms with Crippen molar-refractivity contribution in [2.45, 2.75) is 6.18 Å². The number of aromatic amines is 1. The summed E-state index contributed by atoms with van der Waals surface area (Å²) in [5.74, 6) is -1.07. The van der Waals surface area contributed by atoms with Crippen LogP contribution in [0.5, 0.6) is 11.6 Å². The zero-order valence-electron chi connectivity index (χ0n) is 10.0. The molecule has 0 unspecified atom stereocenters. The van der Waals surface area contributed by atoms with Crippen molar-refractivity contribution in [3.05, 3.63) is 51.0 Å². The van der Waals surface area contributed by atoms with Crippen molar-refractivity contribution < 1.29 is 17.9 Å². The number of aromatic nitrogens is 2. The summed E-state index contributed by atoms with van der Waals surface area (Å²) in [6, 6.07) is 4.34. The molecular formula is C12H5ClF3N3O2. The maximum absolute atomic E-state index is 12.9. The van der Waals surface area contributed by atoms with Gasteiger partial charge in [-0.05, 0) is 18.2 Å². The third kappa shape index (κ3) is 3.14. The standard InChI is InChI=1S/C12H5ClF3N3O2/c13-9-10(20)18-5-19-11(9)21-8-2-1-6(4-17)3-7(8)12(14,15)16/h1-3,5H,(H,18,19,20). The first-order valence-electron chi connectivity index (χ1n) is 5.35. The van der Waals surface area contributed by atoms with Gasteiger partial charge in [0.15, 0.2) is 5.02 Å². The van der Waals surface area contributed by atoms with E-state index in [1.54, 1.807) is 6.07 Å². The van der Waals surface area contributed by atoms with Gasteiger partial charge >= 0.3 is 6.18 Å². The van der Waals surface area contributed by atoms with Gasteiger partial charge in [0.25, 0.3) is 5.56 Å². The molecule has 0 saturated heterocycles. The zero-order chi connectivity index (χ0) is 15.6. The molecule has 108 valence electrons. The SMILES string of the molecule is N#Cc1ccc(Oc2nc[nH]c(=O)c2Cl)c(C(F)(F)F)c1. The quantitative estimate of drug-likeness (QED) is 0.923. The molecule has 0 spiro atoms. The van der Waals surface area contributed by atoms with Crippen molar-refractivity contribution >= 4 is 11.6 Å². The lowest BCUT2D eigenvalue weighted by molar-refractivity contribution is -0.138. The Balaban J connectivity index is 2.52. The lowest BCUT2D eigenvalue weighted by Gasteiger charge is -2.13. The molecule has 5 nitrogen and oxygen atoms in total. The first kappa shape index (κ1) is 14.9. The third-order valence-electron chi connectivity index (χ3n) is 2.39. The highest BCUT2D eigenvalue weighted by Gasteiger charge is 2.35. The second-order valence-electron chi connectivity index (χ2n) is 3.77. The lowest BCUT2D eigenvalue weighted by Crippen LogP contribution is -2.11. The molecule has 1 heterocycles. The maximum Gasteiger partial charge on any atom is 0.420 e. The van der Waals surface area contributed by atoms with Crippen molar-refractivity contribution in [2.24, 2.45) is 0 Å². The van der Waals surface area contributed by atoms with Crippen LogP contribution in [0.3, 0.4) is 0 Å². The molecule has 0 amide bonds. The molecule has 0 bridgehead atoms. The molecule has 0 atom stereocenters. The van der Waals surface area contributed by atoms with E-state index < -0.39 is 34.0 Å². The summed E-state index contributed by atoms with van der Waals surface area (Å²) in [7, 11) is 0. The third-order valence-corrected chi connectivity index (χ3v) is 2.72. The van der Waals surface area contributed by atoms with Gasteiger partial charge in [0.2, 0.25) is 5.88 Å². The number of hydrogen-bond acceptors (Lipinski definition) is 4. The molecule has 0 aliphatic heterocycles. The molecule has 1 aromatic carbocycles. The molecule has 2 aromatic rings. The summed E-state index contributed by atoms with van der Waals surface area (Å²) in [4.78, 5) is 16.9.